The minimum atomic E-state index is -1.12. The molecule has 0 aliphatic rings. The lowest BCUT2D eigenvalue weighted by Crippen LogP contribution is -2.16. The van der Waals surface area contributed by atoms with Crippen LogP contribution in [-0.2, 0) is 22.4 Å². The van der Waals surface area contributed by atoms with Crippen LogP contribution in [0.25, 0.3) is 22.4 Å². The number of carboxylic acids is 1. The topological polar surface area (TPSA) is 102 Å². The van der Waals surface area contributed by atoms with Crippen LogP contribution in [0.3, 0.4) is 0 Å². The maximum atomic E-state index is 14.0. The van der Waals surface area contributed by atoms with Gasteiger partial charge in [0.1, 0.15) is 17.2 Å². The molecule has 4 rings (SSSR count). The van der Waals surface area contributed by atoms with Gasteiger partial charge in [0.2, 0.25) is 0 Å². The highest BCUT2D eigenvalue weighted by molar-refractivity contribution is 6.31. The summed E-state index contributed by atoms with van der Waals surface area (Å²) in [6, 6.07) is 18.8. The minimum absolute atomic E-state index is 0.0876. The number of aryl methyl sites for hydroxylation is 1. The van der Waals surface area contributed by atoms with Crippen molar-refractivity contribution < 1.29 is 28.3 Å². The summed E-state index contributed by atoms with van der Waals surface area (Å²) in [5, 5.41) is 16.4. The van der Waals surface area contributed by atoms with Crippen LogP contribution in [0.5, 0.6) is 0 Å². The van der Waals surface area contributed by atoms with Crippen molar-refractivity contribution in [2.45, 2.75) is 19.8 Å². The van der Waals surface area contributed by atoms with Crippen LogP contribution < -0.4 is 5.32 Å². The first kappa shape index (κ1) is 24.9. The number of benzene rings is 3. The maximum absolute atomic E-state index is 14.0. The van der Waals surface area contributed by atoms with E-state index in [1.165, 1.54) is 12.1 Å². The third-order valence-electron chi connectivity index (χ3n) is 5.51. The molecule has 0 aliphatic heterocycles. The van der Waals surface area contributed by atoms with E-state index in [2.05, 4.69) is 10.5 Å². The van der Waals surface area contributed by atoms with Crippen LogP contribution in [0, 0.1) is 12.7 Å². The molecule has 3 aromatic carbocycles. The summed E-state index contributed by atoms with van der Waals surface area (Å²) >= 11 is 6.14. The van der Waals surface area contributed by atoms with Gasteiger partial charge in [0.15, 0.2) is 5.76 Å². The molecule has 0 fully saturated rings. The van der Waals surface area contributed by atoms with E-state index in [9.17, 15) is 14.0 Å². The highest BCUT2D eigenvalue weighted by Gasteiger charge is 2.19. The highest BCUT2D eigenvalue weighted by Crippen LogP contribution is 2.33. The van der Waals surface area contributed by atoms with Crippen LogP contribution in [0.1, 0.15) is 16.9 Å². The Morgan fingerprint density at radius 2 is 1.78 bits per heavy atom. The number of hydrogen-bond donors (Lipinski definition) is 2. The van der Waals surface area contributed by atoms with Crippen molar-refractivity contribution in [2.75, 3.05) is 11.9 Å². The minimum Gasteiger partial charge on any atom is -0.481 e. The van der Waals surface area contributed by atoms with Crippen molar-refractivity contribution in [3.8, 4) is 22.4 Å². The summed E-state index contributed by atoms with van der Waals surface area (Å²) in [5.74, 6) is -1.31. The SMILES string of the molecule is Cc1onc(-c2cccc(-c3ccc(F)c(CC(=O)O)c3)c2)c1NC(=O)OCCc1ccccc1Cl. The predicted molar refractivity (Wildman–Crippen MR) is 134 cm³/mol. The second-order valence-electron chi connectivity index (χ2n) is 8.02. The quantitative estimate of drug-likeness (QED) is 0.280. The van der Waals surface area contributed by atoms with E-state index in [1.54, 1.807) is 37.3 Å². The van der Waals surface area contributed by atoms with Crippen LogP contribution in [0.4, 0.5) is 14.9 Å². The number of carbonyl (C=O) groups excluding carboxylic acids is 1. The fraction of sp³-hybridized carbons (Fsp3) is 0.148. The van der Waals surface area contributed by atoms with Crippen molar-refractivity contribution in [3.05, 3.63) is 94.5 Å². The molecule has 184 valence electrons. The van der Waals surface area contributed by atoms with Crippen LogP contribution in [-0.4, -0.2) is 28.9 Å². The number of hydrogen-bond acceptors (Lipinski definition) is 5. The van der Waals surface area contributed by atoms with Crippen LogP contribution in [0.2, 0.25) is 5.02 Å². The number of carboxylic acid groups (broad SMARTS) is 1. The number of amides is 1. The summed E-state index contributed by atoms with van der Waals surface area (Å²) in [7, 11) is 0. The number of ether oxygens (including phenoxy) is 1. The van der Waals surface area contributed by atoms with Gasteiger partial charge in [0.25, 0.3) is 0 Å². The number of nitrogens with one attached hydrogen (secondary N) is 1. The van der Waals surface area contributed by atoms with E-state index in [0.717, 1.165) is 5.56 Å². The molecule has 36 heavy (non-hydrogen) atoms. The van der Waals surface area contributed by atoms with Crippen LogP contribution >= 0.6 is 11.6 Å². The second kappa shape index (κ2) is 11.0. The normalized spacial score (nSPS) is 10.8. The lowest BCUT2D eigenvalue weighted by atomic mass is 9.98. The first-order chi connectivity index (χ1) is 17.3. The van der Waals surface area contributed by atoms with E-state index in [4.69, 9.17) is 26.0 Å². The molecule has 0 bridgehead atoms. The predicted octanol–water partition coefficient (Wildman–Crippen LogP) is 6.53. The lowest BCUT2D eigenvalue weighted by molar-refractivity contribution is -0.136. The maximum Gasteiger partial charge on any atom is 0.411 e. The van der Waals surface area contributed by atoms with Crippen LogP contribution in [0.15, 0.2) is 71.3 Å². The van der Waals surface area contributed by atoms with Gasteiger partial charge in [0, 0.05) is 17.0 Å². The molecular weight excluding hydrogens is 487 g/mol. The van der Waals surface area contributed by atoms with Gasteiger partial charge in [-0.3, -0.25) is 10.1 Å². The molecule has 1 amide bonds. The first-order valence-electron chi connectivity index (χ1n) is 11.1. The molecule has 1 aromatic heterocycles. The Bertz CT molecular complexity index is 1420. The molecule has 0 radical (unpaired) electrons. The summed E-state index contributed by atoms with van der Waals surface area (Å²) in [6.07, 6.45) is -0.622. The Kier molecular flexibility index (Phi) is 7.65. The Balaban J connectivity index is 1.51. The smallest absolute Gasteiger partial charge is 0.411 e. The van der Waals surface area contributed by atoms with Crippen molar-refractivity contribution in [1.82, 2.24) is 5.16 Å². The molecule has 0 atom stereocenters. The molecule has 0 unspecified atom stereocenters. The van der Waals surface area contributed by atoms with E-state index in [0.29, 0.717) is 45.3 Å². The molecule has 9 heteroatoms. The van der Waals surface area contributed by atoms with Gasteiger partial charge in [-0.2, -0.15) is 0 Å². The molecule has 4 aromatic rings. The molecule has 7 nitrogen and oxygen atoms in total. The third kappa shape index (κ3) is 5.90. The Morgan fingerprint density at radius 1 is 1.03 bits per heavy atom. The average molecular weight is 509 g/mol. The Morgan fingerprint density at radius 3 is 2.56 bits per heavy atom. The van der Waals surface area contributed by atoms with Gasteiger partial charge >= 0.3 is 12.1 Å². The van der Waals surface area contributed by atoms with Crippen molar-refractivity contribution >= 4 is 29.4 Å². The van der Waals surface area contributed by atoms with Gasteiger partial charge in [-0.1, -0.05) is 59.2 Å². The van der Waals surface area contributed by atoms with E-state index in [1.807, 2.05) is 24.3 Å². The monoisotopic (exact) mass is 508 g/mol. The van der Waals surface area contributed by atoms with Gasteiger partial charge in [-0.25, -0.2) is 9.18 Å². The second-order valence-corrected chi connectivity index (χ2v) is 8.43. The molecule has 1 heterocycles. The van der Waals surface area contributed by atoms with Gasteiger partial charge < -0.3 is 14.4 Å². The lowest BCUT2D eigenvalue weighted by Gasteiger charge is -2.10. The molecule has 0 saturated heterocycles. The number of anilines is 1. The number of carbonyl (C=O) groups is 2. The zero-order chi connectivity index (χ0) is 25.7. The molecule has 0 spiro atoms. The Hall–Kier alpha value is -4.17. The van der Waals surface area contributed by atoms with Gasteiger partial charge in [-0.05, 0) is 53.4 Å². The summed E-state index contributed by atoms with van der Waals surface area (Å²) < 4.78 is 24.6. The fourth-order valence-corrected chi connectivity index (χ4v) is 3.94. The molecule has 2 N–H and O–H groups in total. The Labute approximate surface area is 211 Å². The molecule has 0 saturated carbocycles. The zero-order valence-corrected chi connectivity index (χ0v) is 20.0. The highest BCUT2D eigenvalue weighted by atomic mass is 35.5. The third-order valence-corrected chi connectivity index (χ3v) is 5.88. The van der Waals surface area contributed by atoms with Gasteiger partial charge in [0.05, 0.1) is 13.0 Å². The number of aromatic nitrogens is 1. The number of halogens is 2. The molecular formula is C27H22ClFN2O5. The van der Waals surface area contributed by atoms with Crippen molar-refractivity contribution in [1.29, 1.82) is 0 Å². The fourth-order valence-electron chi connectivity index (χ4n) is 3.71. The summed E-state index contributed by atoms with van der Waals surface area (Å²) in [5.41, 5.74) is 3.71. The first-order valence-corrected chi connectivity index (χ1v) is 11.4. The number of aliphatic carboxylic acids is 1. The van der Waals surface area contributed by atoms with Crippen molar-refractivity contribution in [3.63, 3.8) is 0 Å². The summed E-state index contributed by atoms with van der Waals surface area (Å²) in [4.78, 5) is 23.5. The van der Waals surface area contributed by atoms with E-state index in [-0.39, 0.29) is 12.2 Å². The molecule has 0 aliphatic carbocycles. The van der Waals surface area contributed by atoms with E-state index >= 15 is 0 Å². The van der Waals surface area contributed by atoms with E-state index < -0.39 is 24.3 Å². The average Bonchev–Trinajstić information content (AvgIpc) is 3.21. The summed E-state index contributed by atoms with van der Waals surface area (Å²) in [6.45, 7) is 1.80. The van der Waals surface area contributed by atoms with Crippen molar-refractivity contribution in [2.24, 2.45) is 0 Å². The largest absolute Gasteiger partial charge is 0.481 e. The standard InChI is InChI=1S/C27H22ClFN2O5/c1-16-25(30-27(34)35-12-11-17-5-2-3-8-22(17)28)26(31-36-16)20-7-4-6-18(13-20)19-9-10-23(29)21(14-19)15-24(32)33/h2-10,13-14H,11-12,15H2,1H3,(H,30,34)(H,32,33). The number of nitrogens with zero attached hydrogens (tertiary/aromatic N) is 1. The number of rotatable bonds is 8. The van der Waals surface area contributed by atoms with Gasteiger partial charge in [-0.15, -0.1) is 0 Å². The zero-order valence-electron chi connectivity index (χ0n) is 19.3.